The fraction of sp³-hybridized carbons (Fsp3) is 0.625. The average Bonchev–Trinajstić information content (AvgIpc) is 2.49. The van der Waals surface area contributed by atoms with Crippen molar-refractivity contribution in [2.75, 3.05) is 39.3 Å². The highest BCUT2D eigenvalue weighted by atomic mass is 19.4. The summed E-state index contributed by atoms with van der Waals surface area (Å²) in [5, 5.41) is 10.2. The van der Waals surface area contributed by atoms with Gasteiger partial charge in [0, 0.05) is 32.7 Å². The number of hydrogen-bond acceptors (Lipinski definition) is 3. The number of nitrogens with zero attached hydrogens (tertiary/aromatic N) is 2. The average molecular weight is 316 g/mol. The minimum absolute atomic E-state index is 0.325. The number of benzene rings is 1. The monoisotopic (exact) mass is 316 g/mol. The number of β-amino-alcohol motifs (C(OH)–C–C–N with tert-alkyl or cyclic N) is 1. The van der Waals surface area contributed by atoms with E-state index in [0.29, 0.717) is 12.1 Å². The molecule has 1 fully saturated rings. The van der Waals surface area contributed by atoms with Crippen LogP contribution in [0, 0.1) is 0 Å². The number of alkyl halides is 3. The van der Waals surface area contributed by atoms with Crippen LogP contribution in [-0.2, 0) is 6.18 Å². The maximum atomic E-state index is 12.7. The van der Waals surface area contributed by atoms with E-state index in [1.165, 1.54) is 6.07 Å². The first kappa shape index (κ1) is 17.2. The summed E-state index contributed by atoms with van der Waals surface area (Å²) in [5.74, 6) is 0. The third-order valence-corrected chi connectivity index (χ3v) is 4.03. The Morgan fingerprint density at radius 3 is 2.36 bits per heavy atom. The molecule has 0 radical (unpaired) electrons. The van der Waals surface area contributed by atoms with Gasteiger partial charge in [0.05, 0.1) is 11.7 Å². The zero-order valence-electron chi connectivity index (χ0n) is 12.8. The smallest absolute Gasteiger partial charge is 0.387 e. The number of rotatable bonds is 5. The summed E-state index contributed by atoms with van der Waals surface area (Å²) in [6.45, 7) is 7.17. The third-order valence-electron chi connectivity index (χ3n) is 4.03. The highest BCUT2D eigenvalue weighted by Crippen LogP contribution is 2.30. The maximum Gasteiger partial charge on any atom is 0.416 e. The fourth-order valence-corrected chi connectivity index (χ4v) is 2.78. The summed E-state index contributed by atoms with van der Waals surface area (Å²) in [5.41, 5.74) is -0.386. The summed E-state index contributed by atoms with van der Waals surface area (Å²) in [6.07, 6.45) is -4.14. The highest BCUT2D eigenvalue weighted by molar-refractivity contribution is 5.27. The van der Waals surface area contributed by atoms with Crippen LogP contribution < -0.4 is 0 Å². The SMILES string of the molecule is CCCN1CCN(C[C@@H](O)c2cccc(C(F)(F)F)c2)CC1. The molecule has 22 heavy (non-hydrogen) atoms. The van der Waals surface area contributed by atoms with Gasteiger partial charge >= 0.3 is 6.18 Å². The molecular formula is C16H23F3N2O. The molecule has 1 atom stereocenters. The first-order chi connectivity index (χ1) is 10.4. The molecule has 0 aliphatic carbocycles. The summed E-state index contributed by atoms with van der Waals surface area (Å²) in [6, 6.07) is 4.96. The molecule has 1 aliphatic heterocycles. The molecule has 1 aromatic carbocycles. The molecular weight excluding hydrogens is 293 g/mol. The van der Waals surface area contributed by atoms with E-state index in [9.17, 15) is 18.3 Å². The Bertz CT molecular complexity index is 471. The highest BCUT2D eigenvalue weighted by Gasteiger charge is 2.31. The van der Waals surface area contributed by atoms with Crippen LogP contribution in [0.15, 0.2) is 24.3 Å². The lowest BCUT2D eigenvalue weighted by molar-refractivity contribution is -0.137. The van der Waals surface area contributed by atoms with Crippen LogP contribution in [0.4, 0.5) is 13.2 Å². The zero-order chi connectivity index (χ0) is 16.2. The molecule has 3 nitrogen and oxygen atoms in total. The van der Waals surface area contributed by atoms with Crippen LogP contribution in [-0.4, -0.2) is 54.2 Å². The van der Waals surface area contributed by atoms with Crippen LogP contribution in [0.2, 0.25) is 0 Å². The summed E-state index contributed by atoms with van der Waals surface area (Å²) >= 11 is 0. The number of halogens is 3. The molecule has 1 heterocycles. The van der Waals surface area contributed by atoms with Gasteiger partial charge in [-0.05, 0) is 30.7 Å². The Hall–Kier alpha value is -1.11. The van der Waals surface area contributed by atoms with Crippen molar-refractivity contribution >= 4 is 0 Å². The largest absolute Gasteiger partial charge is 0.416 e. The van der Waals surface area contributed by atoms with Crippen LogP contribution in [0.25, 0.3) is 0 Å². The lowest BCUT2D eigenvalue weighted by Crippen LogP contribution is -2.47. The molecule has 1 saturated heterocycles. The lowest BCUT2D eigenvalue weighted by Gasteiger charge is -2.35. The van der Waals surface area contributed by atoms with Crippen molar-refractivity contribution in [3.8, 4) is 0 Å². The predicted octanol–water partition coefficient (Wildman–Crippen LogP) is 2.77. The number of aliphatic hydroxyl groups excluding tert-OH is 1. The van der Waals surface area contributed by atoms with Crippen LogP contribution >= 0.6 is 0 Å². The Kier molecular flexibility index (Phi) is 5.83. The predicted molar refractivity (Wildman–Crippen MR) is 79.6 cm³/mol. The zero-order valence-corrected chi connectivity index (χ0v) is 12.8. The van der Waals surface area contributed by atoms with Crippen molar-refractivity contribution in [2.45, 2.75) is 25.6 Å². The Balaban J connectivity index is 1.91. The topological polar surface area (TPSA) is 26.7 Å². The molecule has 0 saturated carbocycles. The van der Waals surface area contributed by atoms with Crippen LogP contribution in [0.1, 0.15) is 30.6 Å². The van der Waals surface area contributed by atoms with Crippen molar-refractivity contribution in [1.82, 2.24) is 9.80 Å². The van der Waals surface area contributed by atoms with E-state index in [2.05, 4.69) is 16.7 Å². The maximum absolute atomic E-state index is 12.7. The molecule has 0 amide bonds. The molecule has 6 heteroatoms. The second-order valence-electron chi connectivity index (χ2n) is 5.78. The van der Waals surface area contributed by atoms with E-state index in [0.717, 1.165) is 51.3 Å². The number of aliphatic hydroxyl groups is 1. The van der Waals surface area contributed by atoms with E-state index < -0.39 is 17.8 Å². The first-order valence-corrected chi connectivity index (χ1v) is 7.70. The van der Waals surface area contributed by atoms with E-state index in [1.54, 1.807) is 6.07 Å². The van der Waals surface area contributed by atoms with Crippen LogP contribution in [0.5, 0.6) is 0 Å². The van der Waals surface area contributed by atoms with Crippen molar-refractivity contribution in [3.05, 3.63) is 35.4 Å². The fourth-order valence-electron chi connectivity index (χ4n) is 2.78. The number of hydrogen-bond donors (Lipinski definition) is 1. The molecule has 1 aromatic rings. The van der Waals surface area contributed by atoms with Crippen molar-refractivity contribution in [1.29, 1.82) is 0 Å². The van der Waals surface area contributed by atoms with Gasteiger partial charge in [-0.15, -0.1) is 0 Å². The normalized spacial score (nSPS) is 19.3. The van der Waals surface area contributed by atoms with Gasteiger partial charge in [0.15, 0.2) is 0 Å². The molecule has 0 spiro atoms. The molecule has 0 unspecified atom stereocenters. The van der Waals surface area contributed by atoms with Crippen LogP contribution in [0.3, 0.4) is 0 Å². The Morgan fingerprint density at radius 2 is 1.77 bits per heavy atom. The van der Waals surface area contributed by atoms with E-state index in [4.69, 9.17) is 0 Å². The Labute approximate surface area is 129 Å². The van der Waals surface area contributed by atoms with Gasteiger partial charge in [0.25, 0.3) is 0 Å². The quantitative estimate of drug-likeness (QED) is 0.905. The van der Waals surface area contributed by atoms with Gasteiger partial charge in [-0.3, -0.25) is 4.90 Å². The van der Waals surface area contributed by atoms with E-state index >= 15 is 0 Å². The third kappa shape index (κ3) is 4.69. The molecule has 1 N–H and O–H groups in total. The second-order valence-corrected chi connectivity index (χ2v) is 5.78. The van der Waals surface area contributed by atoms with Gasteiger partial charge in [0.1, 0.15) is 0 Å². The standard InChI is InChI=1S/C16H23F3N2O/c1-2-6-20-7-9-21(10-8-20)12-15(22)13-4-3-5-14(11-13)16(17,18)19/h3-5,11,15,22H,2,6-10,12H2,1H3/t15-/m1/s1. The van der Waals surface area contributed by atoms with Crippen molar-refractivity contribution in [2.24, 2.45) is 0 Å². The lowest BCUT2D eigenvalue weighted by atomic mass is 10.0. The molecule has 1 aliphatic rings. The molecule has 0 bridgehead atoms. The van der Waals surface area contributed by atoms with Gasteiger partial charge in [0.2, 0.25) is 0 Å². The summed E-state index contributed by atoms with van der Waals surface area (Å²) < 4.78 is 38.1. The molecule has 2 rings (SSSR count). The summed E-state index contributed by atoms with van der Waals surface area (Å²) in [7, 11) is 0. The minimum atomic E-state index is -4.37. The number of piperazine rings is 1. The van der Waals surface area contributed by atoms with Gasteiger partial charge in [-0.25, -0.2) is 0 Å². The van der Waals surface area contributed by atoms with Gasteiger partial charge in [-0.2, -0.15) is 13.2 Å². The molecule has 0 aromatic heterocycles. The second kappa shape index (κ2) is 7.44. The summed E-state index contributed by atoms with van der Waals surface area (Å²) in [4.78, 5) is 4.48. The van der Waals surface area contributed by atoms with Crippen molar-refractivity contribution in [3.63, 3.8) is 0 Å². The Morgan fingerprint density at radius 1 is 1.14 bits per heavy atom. The van der Waals surface area contributed by atoms with Gasteiger partial charge < -0.3 is 10.0 Å². The van der Waals surface area contributed by atoms with E-state index in [-0.39, 0.29) is 0 Å². The van der Waals surface area contributed by atoms with Gasteiger partial charge in [-0.1, -0.05) is 19.1 Å². The van der Waals surface area contributed by atoms with E-state index in [1.807, 2.05) is 0 Å². The van der Waals surface area contributed by atoms with Crippen molar-refractivity contribution < 1.29 is 18.3 Å². The molecule has 124 valence electrons. The minimum Gasteiger partial charge on any atom is -0.387 e. The first-order valence-electron chi connectivity index (χ1n) is 7.70.